The van der Waals surface area contributed by atoms with Crippen LogP contribution in [-0.4, -0.2) is 33.9 Å². The van der Waals surface area contributed by atoms with E-state index in [1.54, 1.807) is 0 Å². The Morgan fingerprint density at radius 3 is 2.33 bits per heavy atom. The average Bonchev–Trinajstić information content (AvgIpc) is 2.67. The maximum absolute atomic E-state index is 12.8. The van der Waals surface area contributed by atoms with Crippen LogP contribution in [0.3, 0.4) is 0 Å². The van der Waals surface area contributed by atoms with Crippen molar-refractivity contribution in [3.63, 3.8) is 0 Å². The van der Waals surface area contributed by atoms with Gasteiger partial charge in [-0.05, 0) is 30.3 Å². The molecule has 0 aliphatic rings. The minimum Gasteiger partial charge on any atom is -0.497 e. The monoisotopic (exact) mass is 445 g/mol. The van der Waals surface area contributed by atoms with E-state index < -0.39 is 45.0 Å². The third-order valence-corrected chi connectivity index (χ3v) is 5.10. The van der Waals surface area contributed by atoms with Crippen LogP contribution < -0.4 is 20.1 Å². The summed E-state index contributed by atoms with van der Waals surface area (Å²) in [6.07, 6.45) is -4.71. The highest BCUT2D eigenvalue weighted by molar-refractivity contribution is 7.89. The molecule has 0 aliphatic heterocycles. The summed E-state index contributed by atoms with van der Waals surface area (Å²) < 4.78 is 69.8. The number of carbonyl (C=O) groups excluding carboxylic acids is 2. The molecule has 0 fully saturated rings. The van der Waals surface area contributed by atoms with E-state index in [-0.39, 0.29) is 11.4 Å². The van der Waals surface area contributed by atoms with Gasteiger partial charge >= 0.3 is 6.18 Å². The Morgan fingerprint density at radius 2 is 1.73 bits per heavy atom. The number of benzene rings is 2. The maximum Gasteiger partial charge on any atom is 0.416 e. The highest BCUT2D eigenvalue weighted by atomic mass is 32.2. The van der Waals surface area contributed by atoms with Gasteiger partial charge in [0.15, 0.2) is 0 Å². The van der Waals surface area contributed by atoms with Gasteiger partial charge in [0, 0.05) is 13.0 Å². The van der Waals surface area contributed by atoms with Crippen LogP contribution >= 0.6 is 0 Å². The van der Waals surface area contributed by atoms with E-state index in [0.29, 0.717) is 11.8 Å². The second kappa shape index (κ2) is 9.13. The van der Waals surface area contributed by atoms with Gasteiger partial charge in [-0.25, -0.2) is 13.1 Å². The summed E-state index contributed by atoms with van der Waals surface area (Å²) in [7, 11) is -2.99. The third kappa shape index (κ3) is 6.19. The normalized spacial score (nSPS) is 11.6. The predicted octanol–water partition coefficient (Wildman–Crippen LogP) is 2.59. The van der Waals surface area contributed by atoms with Gasteiger partial charge in [0.25, 0.3) is 0 Å². The fraction of sp³-hybridized carbons (Fsp3) is 0.222. The van der Waals surface area contributed by atoms with Crippen LogP contribution in [0.4, 0.5) is 24.5 Å². The standard InChI is InChI=1S/C18H18F3N3O5S/c1-11(25)23-15-7-6-13(29-2)9-16(15)24-17(26)10-22-30(27,28)14-5-3-4-12(8-14)18(19,20)21/h3-9,22H,10H2,1-2H3,(H,23,25)(H,24,26). The van der Waals surface area contributed by atoms with E-state index in [1.807, 2.05) is 4.72 Å². The third-order valence-electron chi connectivity index (χ3n) is 3.71. The number of carbonyl (C=O) groups is 2. The molecule has 12 heteroatoms. The molecular weight excluding hydrogens is 427 g/mol. The van der Waals surface area contributed by atoms with Crippen molar-refractivity contribution in [2.24, 2.45) is 0 Å². The zero-order chi connectivity index (χ0) is 22.5. The van der Waals surface area contributed by atoms with Gasteiger partial charge in [0.05, 0.1) is 35.5 Å². The Balaban J connectivity index is 2.13. The first-order valence-corrected chi connectivity index (χ1v) is 9.83. The molecule has 3 N–H and O–H groups in total. The van der Waals surface area contributed by atoms with Crippen LogP contribution in [0.1, 0.15) is 12.5 Å². The predicted molar refractivity (Wildman–Crippen MR) is 103 cm³/mol. The van der Waals surface area contributed by atoms with Crippen molar-refractivity contribution < 1.29 is 35.9 Å². The van der Waals surface area contributed by atoms with Crippen molar-refractivity contribution in [3.05, 3.63) is 48.0 Å². The highest BCUT2D eigenvalue weighted by Gasteiger charge is 2.31. The van der Waals surface area contributed by atoms with E-state index in [9.17, 15) is 31.2 Å². The summed E-state index contributed by atoms with van der Waals surface area (Å²) in [5, 5.41) is 4.90. The molecule has 0 saturated heterocycles. The Bertz CT molecular complexity index is 1060. The summed E-state index contributed by atoms with van der Waals surface area (Å²) in [5.41, 5.74) is -0.739. The van der Waals surface area contributed by atoms with Crippen LogP contribution in [0.5, 0.6) is 5.75 Å². The number of sulfonamides is 1. The van der Waals surface area contributed by atoms with Crippen LogP contribution in [0.25, 0.3) is 0 Å². The molecule has 0 heterocycles. The van der Waals surface area contributed by atoms with E-state index in [4.69, 9.17) is 4.74 Å². The van der Waals surface area contributed by atoms with Gasteiger partial charge < -0.3 is 15.4 Å². The molecule has 2 aromatic rings. The molecule has 0 saturated carbocycles. The first-order chi connectivity index (χ1) is 13.9. The number of hydrogen-bond donors (Lipinski definition) is 3. The Hall–Kier alpha value is -3.12. The molecule has 0 unspecified atom stereocenters. The van der Waals surface area contributed by atoms with Crippen LogP contribution in [0.15, 0.2) is 47.4 Å². The number of hydrogen-bond acceptors (Lipinski definition) is 5. The zero-order valence-electron chi connectivity index (χ0n) is 15.8. The second-order valence-corrected chi connectivity index (χ2v) is 7.76. The number of rotatable bonds is 7. The summed E-state index contributed by atoms with van der Waals surface area (Å²) in [5.74, 6) is -0.852. The average molecular weight is 445 g/mol. The van der Waals surface area contributed by atoms with E-state index in [0.717, 1.165) is 18.2 Å². The summed E-state index contributed by atoms with van der Waals surface area (Å²) in [6.45, 7) is 0.508. The minimum atomic E-state index is -4.71. The first kappa shape index (κ1) is 23.2. The fourth-order valence-corrected chi connectivity index (χ4v) is 3.36. The molecule has 0 aliphatic carbocycles. The molecule has 0 radical (unpaired) electrons. The number of ether oxygens (including phenoxy) is 1. The van der Waals surface area contributed by atoms with Gasteiger partial charge in [-0.3, -0.25) is 9.59 Å². The summed E-state index contributed by atoms with van der Waals surface area (Å²) >= 11 is 0. The summed E-state index contributed by atoms with van der Waals surface area (Å²) in [6, 6.07) is 7.56. The number of alkyl halides is 3. The van der Waals surface area contributed by atoms with Crippen LogP contribution in [0, 0.1) is 0 Å². The van der Waals surface area contributed by atoms with Crippen molar-refractivity contribution in [2.45, 2.75) is 18.0 Å². The fourth-order valence-electron chi connectivity index (χ4n) is 2.33. The molecule has 2 aromatic carbocycles. The highest BCUT2D eigenvalue weighted by Crippen LogP contribution is 2.30. The maximum atomic E-state index is 12.8. The minimum absolute atomic E-state index is 0.146. The van der Waals surface area contributed by atoms with Gasteiger partial charge in [0.2, 0.25) is 21.8 Å². The van der Waals surface area contributed by atoms with Crippen LogP contribution in [-0.2, 0) is 25.8 Å². The number of nitrogens with one attached hydrogen (secondary N) is 3. The molecular formula is C18H18F3N3O5S. The van der Waals surface area contributed by atoms with Crippen molar-refractivity contribution >= 4 is 33.2 Å². The molecule has 2 amide bonds. The Kier molecular flexibility index (Phi) is 7.05. The molecule has 0 atom stereocenters. The molecule has 8 nitrogen and oxygen atoms in total. The molecule has 2 rings (SSSR count). The topological polar surface area (TPSA) is 114 Å². The smallest absolute Gasteiger partial charge is 0.416 e. The molecule has 0 aromatic heterocycles. The molecule has 0 bridgehead atoms. The van der Waals surface area contributed by atoms with Crippen molar-refractivity contribution in [1.82, 2.24) is 4.72 Å². The van der Waals surface area contributed by atoms with Gasteiger partial charge in [-0.1, -0.05) is 6.07 Å². The number of anilines is 2. The van der Waals surface area contributed by atoms with Crippen molar-refractivity contribution in [1.29, 1.82) is 0 Å². The molecule has 162 valence electrons. The zero-order valence-corrected chi connectivity index (χ0v) is 16.6. The number of methoxy groups -OCH3 is 1. The van der Waals surface area contributed by atoms with Gasteiger partial charge in [-0.15, -0.1) is 0 Å². The van der Waals surface area contributed by atoms with Crippen molar-refractivity contribution in [2.75, 3.05) is 24.3 Å². The van der Waals surface area contributed by atoms with E-state index in [1.165, 1.54) is 32.2 Å². The van der Waals surface area contributed by atoms with Crippen molar-refractivity contribution in [3.8, 4) is 5.75 Å². The van der Waals surface area contributed by atoms with E-state index >= 15 is 0 Å². The SMILES string of the molecule is COc1ccc(NC(C)=O)c(NC(=O)CNS(=O)(=O)c2cccc(C(F)(F)F)c2)c1. The van der Waals surface area contributed by atoms with Crippen LogP contribution in [0.2, 0.25) is 0 Å². The lowest BCUT2D eigenvalue weighted by atomic mass is 10.2. The number of halogens is 3. The lowest BCUT2D eigenvalue weighted by Gasteiger charge is -2.14. The lowest BCUT2D eigenvalue weighted by molar-refractivity contribution is -0.137. The van der Waals surface area contributed by atoms with Gasteiger partial charge in [0.1, 0.15) is 5.75 Å². The molecule has 0 spiro atoms. The summed E-state index contributed by atoms with van der Waals surface area (Å²) in [4.78, 5) is 22.8. The first-order valence-electron chi connectivity index (χ1n) is 8.35. The Morgan fingerprint density at radius 1 is 1.03 bits per heavy atom. The quantitative estimate of drug-likeness (QED) is 0.606. The van der Waals surface area contributed by atoms with Gasteiger partial charge in [-0.2, -0.15) is 13.2 Å². The molecule has 30 heavy (non-hydrogen) atoms. The van der Waals surface area contributed by atoms with E-state index in [2.05, 4.69) is 10.6 Å². The second-order valence-electron chi connectivity index (χ2n) is 5.99. The number of amides is 2. The lowest BCUT2D eigenvalue weighted by Crippen LogP contribution is -2.33. The largest absolute Gasteiger partial charge is 0.497 e. The Labute approximate surface area is 170 Å².